The Balaban J connectivity index is 3.83. The van der Waals surface area contributed by atoms with Crippen molar-refractivity contribution in [2.75, 3.05) is 13.7 Å². The Morgan fingerprint density at radius 3 is 1.89 bits per heavy atom. The lowest BCUT2D eigenvalue weighted by atomic mass is 9.88. The van der Waals surface area contributed by atoms with Crippen LogP contribution in [-0.4, -0.2) is 91.7 Å². The van der Waals surface area contributed by atoms with Crippen molar-refractivity contribution < 1.29 is 66.7 Å². The maximum absolute atomic E-state index is 12.8. The Morgan fingerprint density at radius 1 is 0.865 bits per heavy atom. The van der Waals surface area contributed by atoms with Crippen LogP contribution in [0.4, 0.5) is 0 Å². The summed E-state index contributed by atoms with van der Waals surface area (Å²) in [7, 11) is 0.971. The predicted molar refractivity (Wildman–Crippen MR) is 117 cm³/mol. The lowest BCUT2D eigenvalue weighted by Crippen LogP contribution is -2.69. The highest BCUT2D eigenvalue weighted by Gasteiger charge is 2.60. The molecule has 0 spiro atoms. The summed E-state index contributed by atoms with van der Waals surface area (Å²) in [5.74, 6) is -8.84. The molecule has 0 aromatic carbocycles. The van der Waals surface area contributed by atoms with E-state index >= 15 is 0 Å². The Morgan fingerprint density at radius 2 is 1.46 bits per heavy atom. The van der Waals surface area contributed by atoms with Crippen molar-refractivity contribution in [3.8, 4) is 0 Å². The highest BCUT2D eigenvalue weighted by molar-refractivity contribution is 5.82. The molecule has 15 nitrogen and oxygen atoms in total. The highest BCUT2D eigenvalue weighted by Crippen LogP contribution is 2.37. The van der Waals surface area contributed by atoms with Crippen molar-refractivity contribution in [3.63, 3.8) is 0 Å². The maximum atomic E-state index is 12.8. The van der Waals surface area contributed by atoms with Gasteiger partial charge >= 0.3 is 41.6 Å². The van der Waals surface area contributed by atoms with Gasteiger partial charge in [0.05, 0.1) is 19.6 Å². The van der Waals surface area contributed by atoms with Gasteiger partial charge in [0.1, 0.15) is 18.8 Å². The normalized spacial score (nSPS) is 24.4. The van der Waals surface area contributed by atoms with Crippen LogP contribution < -0.4 is 5.32 Å². The molecular weight excluding hydrogens is 502 g/mol. The number of methoxy groups -OCH3 is 1. The number of carbonyl (C=O) groups excluding carboxylic acids is 7. The van der Waals surface area contributed by atoms with E-state index in [1.165, 1.54) is 0 Å². The van der Waals surface area contributed by atoms with Gasteiger partial charge in [-0.2, -0.15) is 0 Å². The van der Waals surface area contributed by atoms with E-state index < -0.39 is 91.0 Å². The van der Waals surface area contributed by atoms with Crippen molar-refractivity contribution in [2.24, 2.45) is 0 Å². The van der Waals surface area contributed by atoms with Crippen LogP contribution in [0.3, 0.4) is 0 Å². The lowest BCUT2D eigenvalue weighted by molar-refractivity contribution is -0.304. The summed E-state index contributed by atoms with van der Waals surface area (Å²) in [6.07, 6.45) is -6.98. The summed E-state index contributed by atoms with van der Waals surface area (Å²) in [6.45, 7) is 5.60. The van der Waals surface area contributed by atoms with Crippen molar-refractivity contribution >= 4 is 41.7 Å². The summed E-state index contributed by atoms with van der Waals surface area (Å²) in [6, 6.07) is -1.35. The fourth-order valence-electron chi connectivity index (χ4n) is 3.74. The quantitative estimate of drug-likeness (QED) is 0.267. The van der Waals surface area contributed by atoms with E-state index in [1.54, 1.807) is 0 Å². The van der Waals surface area contributed by atoms with Gasteiger partial charge in [-0.1, -0.05) is 0 Å². The molecule has 0 bridgehead atoms. The standard InChI is InChI=1S/C22H31NO14/c1-10(24)23-18-16(33-12(3)26)8-22(21(30)31-7,36-15(6)29)37-20(18)19(35-14(5)28)17(34-13(4)27)9-32-11(2)25/h16-20H,8-9H2,1-7H3,(H,23,24)/t16-,17+,18+,19+,20+,22-/m0/s1. The molecule has 208 valence electrons. The molecule has 1 aliphatic rings. The number of carbonyl (C=O) groups is 7. The van der Waals surface area contributed by atoms with Gasteiger partial charge < -0.3 is 38.5 Å². The number of nitrogens with one attached hydrogen (secondary N) is 1. The molecule has 1 saturated heterocycles. The average molecular weight is 533 g/mol. The van der Waals surface area contributed by atoms with E-state index in [4.69, 9.17) is 33.2 Å². The predicted octanol–water partition coefficient (Wildman–Crippen LogP) is -0.929. The fraction of sp³-hybridized carbons (Fsp3) is 0.682. The first-order chi connectivity index (χ1) is 17.1. The fourth-order valence-corrected chi connectivity index (χ4v) is 3.74. The molecule has 0 aliphatic carbocycles. The number of rotatable bonds is 10. The molecule has 0 saturated carbocycles. The van der Waals surface area contributed by atoms with E-state index in [-0.39, 0.29) is 0 Å². The smallest absolute Gasteiger partial charge is 0.379 e. The van der Waals surface area contributed by atoms with Gasteiger partial charge in [-0.3, -0.25) is 28.8 Å². The Labute approximate surface area is 212 Å². The van der Waals surface area contributed by atoms with Gasteiger partial charge in [-0.05, 0) is 0 Å². The van der Waals surface area contributed by atoms with Crippen LogP contribution >= 0.6 is 0 Å². The third-order valence-corrected chi connectivity index (χ3v) is 4.80. The van der Waals surface area contributed by atoms with Gasteiger partial charge in [-0.15, -0.1) is 0 Å². The van der Waals surface area contributed by atoms with Crippen molar-refractivity contribution in [3.05, 3.63) is 0 Å². The topological polar surface area (TPSA) is 196 Å². The zero-order valence-electron chi connectivity index (χ0n) is 21.5. The summed E-state index contributed by atoms with van der Waals surface area (Å²) < 4.78 is 36.6. The average Bonchev–Trinajstić information content (AvgIpc) is 2.74. The number of hydrogen-bond acceptors (Lipinski definition) is 14. The Bertz CT molecular complexity index is 917. The van der Waals surface area contributed by atoms with E-state index in [1.807, 2.05) is 0 Å². The summed E-state index contributed by atoms with van der Waals surface area (Å²) >= 11 is 0. The number of esters is 6. The van der Waals surface area contributed by atoms with Crippen molar-refractivity contribution in [2.45, 2.75) is 84.2 Å². The van der Waals surface area contributed by atoms with Crippen LogP contribution in [0.1, 0.15) is 48.0 Å². The molecule has 15 heteroatoms. The minimum Gasteiger partial charge on any atom is -0.464 e. The first-order valence-corrected chi connectivity index (χ1v) is 11.0. The molecule has 6 atom stereocenters. The van der Waals surface area contributed by atoms with Crippen LogP contribution in [0.2, 0.25) is 0 Å². The van der Waals surface area contributed by atoms with Gasteiger partial charge in [0.25, 0.3) is 0 Å². The molecule has 1 aliphatic heterocycles. The number of ether oxygens (including phenoxy) is 7. The molecule has 0 aromatic rings. The third kappa shape index (κ3) is 9.33. The summed E-state index contributed by atoms with van der Waals surface area (Å²) in [4.78, 5) is 84.1. The van der Waals surface area contributed by atoms with E-state index in [9.17, 15) is 33.6 Å². The number of hydrogen-bond donors (Lipinski definition) is 1. The largest absolute Gasteiger partial charge is 0.464 e. The SMILES string of the molecule is COC(=O)[C@]1(OC(C)=O)C[C@H](OC(C)=O)[C@@H](NC(C)=O)[C@H]([C@H](OC(C)=O)[C@@H](COC(C)=O)OC(C)=O)O1. The van der Waals surface area contributed by atoms with Gasteiger partial charge in [0.2, 0.25) is 5.91 Å². The second kappa shape index (κ2) is 13.5. The van der Waals surface area contributed by atoms with E-state index in [2.05, 4.69) is 5.32 Å². The van der Waals surface area contributed by atoms with E-state index in [0.717, 1.165) is 48.7 Å². The zero-order chi connectivity index (χ0) is 28.5. The van der Waals surface area contributed by atoms with Crippen molar-refractivity contribution in [1.29, 1.82) is 0 Å². The molecule has 0 radical (unpaired) electrons. The molecular formula is C22H31NO14. The zero-order valence-corrected chi connectivity index (χ0v) is 21.5. The monoisotopic (exact) mass is 533 g/mol. The minimum absolute atomic E-state index is 0.630. The maximum Gasteiger partial charge on any atom is 0.379 e. The van der Waals surface area contributed by atoms with Crippen LogP contribution in [-0.2, 0) is 66.7 Å². The molecule has 37 heavy (non-hydrogen) atoms. The Kier molecular flexibility index (Phi) is 11.4. The first-order valence-electron chi connectivity index (χ1n) is 11.0. The molecule has 1 fully saturated rings. The molecule has 1 amide bonds. The van der Waals surface area contributed by atoms with Gasteiger partial charge in [0.15, 0.2) is 12.2 Å². The molecule has 1 rings (SSSR count). The van der Waals surface area contributed by atoms with Crippen LogP contribution in [0.5, 0.6) is 0 Å². The molecule has 0 aromatic heterocycles. The van der Waals surface area contributed by atoms with Crippen LogP contribution in [0, 0.1) is 0 Å². The van der Waals surface area contributed by atoms with Gasteiger partial charge in [-0.25, -0.2) is 4.79 Å². The van der Waals surface area contributed by atoms with Crippen molar-refractivity contribution in [1.82, 2.24) is 5.32 Å². The third-order valence-electron chi connectivity index (χ3n) is 4.80. The number of amides is 1. The van der Waals surface area contributed by atoms with Gasteiger partial charge in [0, 0.05) is 41.5 Å². The Hall–Kier alpha value is -3.75. The van der Waals surface area contributed by atoms with E-state index in [0.29, 0.717) is 0 Å². The molecule has 0 unspecified atom stereocenters. The molecule has 1 N–H and O–H groups in total. The summed E-state index contributed by atoms with van der Waals surface area (Å²) in [5.41, 5.74) is 0. The van der Waals surface area contributed by atoms with Crippen LogP contribution in [0.15, 0.2) is 0 Å². The summed E-state index contributed by atoms with van der Waals surface area (Å²) in [5, 5.41) is 2.49. The minimum atomic E-state index is -2.54. The highest BCUT2D eigenvalue weighted by atomic mass is 16.8. The second-order valence-corrected chi connectivity index (χ2v) is 8.02. The second-order valence-electron chi connectivity index (χ2n) is 8.02. The first kappa shape index (κ1) is 31.3. The lowest BCUT2D eigenvalue weighted by Gasteiger charge is -2.48. The molecule has 1 heterocycles. The van der Waals surface area contributed by atoms with Crippen LogP contribution in [0.25, 0.3) is 0 Å².